The molecule has 3 nitrogen and oxygen atoms in total. The van der Waals surface area contributed by atoms with Crippen LogP contribution in [0.15, 0.2) is 11.6 Å². The molecule has 2 aliphatic carbocycles. The highest BCUT2D eigenvalue weighted by molar-refractivity contribution is 5.66. The molecular formula is C20H34O3. The average molecular weight is 322 g/mol. The Morgan fingerprint density at radius 3 is 2.61 bits per heavy atom. The van der Waals surface area contributed by atoms with Crippen molar-refractivity contribution in [3.8, 4) is 0 Å². The molecule has 2 aliphatic rings. The summed E-state index contributed by atoms with van der Waals surface area (Å²) in [5.41, 5.74) is 1.73. The molecule has 0 aromatic heterocycles. The van der Waals surface area contributed by atoms with Gasteiger partial charge in [-0.15, -0.1) is 0 Å². The van der Waals surface area contributed by atoms with E-state index in [1.165, 1.54) is 5.57 Å². The number of aliphatic hydroxyl groups is 1. The lowest BCUT2D eigenvalue weighted by Gasteiger charge is -2.58. The number of rotatable bonds is 5. The SMILES string of the molecule is CC1=CC[C@@H]2C(C)(C)C[C@H](O)C[C@]2(C)[C@@H]1CC[C@@H](C)CC(=O)O. The number of carboxylic acids is 1. The second-order valence-electron chi connectivity index (χ2n) is 9.13. The lowest BCUT2D eigenvalue weighted by atomic mass is 9.47. The van der Waals surface area contributed by atoms with E-state index in [0.29, 0.717) is 11.8 Å². The zero-order valence-corrected chi connectivity index (χ0v) is 15.4. The number of allylic oxidation sites excluding steroid dienone is 2. The van der Waals surface area contributed by atoms with Gasteiger partial charge in [-0.1, -0.05) is 39.3 Å². The predicted octanol–water partition coefficient (Wildman–Crippen LogP) is 4.65. The summed E-state index contributed by atoms with van der Waals surface area (Å²) in [7, 11) is 0. The third kappa shape index (κ3) is 3.81. The van der Waals surface area contributed by atoms with Gasteiger partial charge in [-0.2, -0.15) is 0 Å². The van der Waals surface area contributed by atoms with Crippen LogP contribution in [0.4, 0.5) is 0 Å². The maximum Gasteiger partial charge on any atom is 0.303 e. The highest BCUT2D eigenvalue weighted by atomic mass is 16.4. The predicted molar refractivity (Wildman–Crippen MR) is 93.1 cm³/mol. The first-order valence-electron chi connectivity index (χ1n) is 9.13. The summed E-state index contributed by atoms with van der Waals surface area (Å²) >= 11 is 0. The van der Waals surface area contributed by atoms with Gasteiger partial charge in [0.2, 0.25) is 0 Å². The number of hydrogen-bond donors (Lipinski definition) is 2. The average Bonchev–Trinajstić information content (AvgIpc) is 2.34. The summed E-state index contributed by atoms with van der Waals surface area (Å²) in [6, 6.07) is 0. The fourth-order valence-electron chi connectivity index (χ4n) is 5.71. The van der Waals surface area contributed by atoms with Crippen LogP contribution < -0.4 is 0 Å². The third-order valence-electron chi connectivity index (χ3n) is 6.67. The van der Waals surface area contributed by atoms with Crippen LogP contribution >= 0.6 is 0 Å². The Morgan fingerprint density at radius 2 is 2.00 bits per heavy atom. The minimum atomic E-state index is -0.702. The number of aliphatic carboxylic acids is 1. The minimum absolute atomic E-state index is 0.128. The van der Waals surface area contributed by atoms with Gasteiger partial charge in [0.15, 0.2) is 0 Å². The van der Waals surface area contributed by atoms with Crippen LogP contribution in [0.3, 0.4) is 0 Å². The first-order valence-corrected chi connectivity index (χ1v) is 9.13. The minimum Gasteiger partial charge on any atom is -0.481 e. The van der Waals surface area contributed by atoms with Crippen molar-refractivity contribution in [2.45, 2.75) is 79.2 Å². The highest BCUT2D eigenvalue weighted by Gasteiger charge is 2.53. The first-order chi connectivity index (χ1) is 10.6. The van der Waals surface area contributed by atoms with Crippen molar-refractivity contribution < 1.29 is 15.0 Å². The maximum absolute atomic E-state index is 10.9. The van der Waals surface area contributed by atoms with Crippen LogP contribution in [0.5, 0.6) is 0 Å². The molecule has 0 heterocycles. The van der Waals surface area contributed by atoms with E-state index in [4.69, 9.17) is 5.11 Å². The molecule has 1 saturated carbocycles. The molecule has 0 amide bonds. The van der Waals surface area contributed by atoms with Gasteiger partial charge in [0.1, 0.15) is 0 Å². The molecule has 0 aliphatic heterocycles. The van der Waals surface area contributed by atoms with Crippen molar-refractivity contribution in [3.63, 3.8) is 0 Å². The molecular weight excluding hydrogens is 288 g/mol. The molecule has 0 aromatic carbocycles. The standard InChI is InChI=1S/C20H34O3/c1-13(10-18(22)23)6-8-16-14(2)7-9-17-19(3,4)11-15(21)12-20(16,17)5/h7,13,15-17,21H,6,8-12H2,1-5H3,(H,22,23)/t13-,15+,16-,17-,20-/m1/s1. The fraction of sp³-hybridized carbons (Fsp3) is 0.850. The Bertz CT molecular complexity index is 479. The van der Waals surface area contributed by atoms with Crippen LogP contribution in [-0.2, 0) is 4.79 Å². The maximum atomic E-state index is 10.9. The Hall–Kier alpha value is -0.830. The lowest BCUT2D eigenvalue weighted by molar-refractivity contribution is -0.138. The number of carboxylic acid groups (broad SMARTS) is 1. The van der Waals surface area contributed by atoms with E-state index in [0.717, 1.165) is 32.1 Å². The molecule has 0 bridgehead atoms. The van der Waals surface area contributed by atoms with E-state index in [1.807, 2.05) is 6.92 Å². The zero-order valence-electron chi connectivity index (χ0n) is 15.4. The number of hydrogen-bond acceptors (Lipinski definition) is 2. The molecule has 0 radical (unpaired) electrons. The largest absolute Gasteiger partial charge is 0.481 e. The van der Waals surface area contributed by atoms with E-state index in [1.54, 1.807) is 0 Å². The van der Waals surface area contributed by atoms with Crippen molar-refractivity contribution >= 4 is 5.97 Å². The molecule has 5 atom stereocenters. The highest BCUT2D eigenvalue weighted by Crippen LogP contribution is 2.60. The summed E-state index contributed by atoms with van der Waals surface area (Å²) in [6.07, 6.45) is 7.31. The Labute approximate surface area is 141 Å². The number of carbonyl (C=O) groups is 1. The number of fused-ring (bicyclic) bond motifs is 1. The summed E-state index contributed by atoms with van der Waals surface area (Å²) in [5, 5.41) is 19.4. The second kappa shape index (κ2) is 6.58. The van der Waals surface area contributed by atoms with Crippen molar-refractivity contribution in [2.75, 3.05) is 0 Å². The Morgan fingerprint density at radius 1 is 1.35 bits per heavy atom. The first kappa shape index (κ1) is 18.5. The topological polar surface area (TPSA) is 57.5 Å². The van der Waals surface area contributed by atoms with Crippen LogP contribution in [0.2, 0.25) is 0 Å². The van der Waals surface area contributed by atoms with E-state index >= 15 is 0 Å². The van der Waals surface area contributed by atoms with Crippen molar-refractivity contribution in [1.82, 2.24) is 0 Å². The monoisotopic (exact) mass is 322 g/mol. The van der Waals surface area contributed by atoms with E-state index in [-0.39, 0.29) is 29.3 Å². The van der Waals surface area contributed by atoms with E-state index in [9.17, 15) is 9.90 Å². The van der Waals surface area contributed by atoms with E-state index in [2.05, 4.69) is 33.8 Å². The van der Waals surface area contributed by atoms with Crippen LogP contribution in [0, 0.1) is 28.6 Å². The molecule has 0 spiro atoms. The second-order valence-corrected chi connectivity index (χ2v) is 9.13. The third-order valence-corrected chi connectivity index (χ3v) is 6.67. The zero-order chi connectivity index (χ0) is 17.4. The molecule has 0 aromatic rings. The van der Waals surface area contributed by atoms with Gasteiger partial charge in [0, 0.05) is 6.42 Å². The fourth-order valence-corrected chi connectivity index (χ4v) is 5.71. The molecule has 2 N–H and O–H groups in total. The normalized spacial score (nSPS) is 37.7. The van der Waals surface area contributed by atoms with Crippen LogP contribution in [-0.4, -0.2) is 22.3 Å². The summed E-state index contributed by atoms with van der Waals surface area (Å²) < 4.78 is 0. The van der Waals surface area contributed by atoms with Gasteiger partial charge in [-0.25, -0.2) is 0 Å². The molecule has 3 heteroatoms. The van der Waals surface area contributed by atoms with Crippen LogP contribution in [0.1, 0.15) is 73.1 Å². The lowest BCUT2D eigenvalue weighted by Crippen LogP contribution is -2.52. The van der Waals surface area contributed by atoms with Crippen molar-refractivity contribution in [1.29, 1.82) is 0 Å². The van der Waals surface area contributed by atoms with Gasteiger partial charge in [0.25, 0.3) is 0 Å². The Balaban J connectivity index is 2.18. The van der Waals surface area contributed by atoms with Crippen molar-refractivity contribution in [3.05, 3.63) is 11.6 Å². The quantitative estimate of drug-likeness (QED) is 0.725. The summed E-state index contributed by atoms with van der Waals surface area (Å²) in [5.74, 6) is 0.575. The summed E-state index contributed by atoms with van der Waals surface area (Å²) in [4.78, 5) is 10.9. The van der Waals surface area contributed by atoms with Gasteiger partial charge in [0.05, 0.1) is 6.10 Å². The number of aliphatic hydroxyl groups excluding tert-OH is 1. The smallest absolute Gasteiger partial charge is 0.303 e. The van der Waals surface area contributed by atoms with Gasteiger partial charge in [-0.05, 0) is 67.6 Å². The summed E-state index contributed by atoms with van der Waals surface area (Å²) in [6.45, 7) is 11.2. The molecule has 132 valence electrons. The molecule has 0 saturated heterocycles. The van der Waals surface area contributed by atoms with E-state index < -0.39 is 5.97 Å². The Kier molecular flexibility index (Phi) is 5.30. The van der Waals surface area contributed by atoms with Crippen molar-refractivity contribution in [2.24, 2.45) is 28.6 Å². The van der Waals surface area contributed by atoms with Gasteiger partial charge in [-0.3, -0.25) is 4.79 Å². The molecule has 2 rings (SSSR count). The van der Waals surface area contributed by atoms with Gasteiger partial charge < -0.3 is 10.2 Å². The molecule has 23 heavy (non-hydrogen) atoms. The molecule has 1 fully saturated rings. The molecule has 0 unspecified atom stereocenters. The van der Waals surface area contributed by atoms with Gasteiger partial charge >= 0.3 is 5.97 Å². The van der Waals surface area contributed by atoms with Crippen LogP contribution in [0.25, 0.3) is 0 Å².